The molecule has 1 unspecified atom stereocenters. The van der Waals surface area contributed by atoms with Gasteiger partial charge in [0.1, 0.15) is 5.54 Å². The quantitative estimate of drug-likeness (QED) is 0.615. The number of hydrogen-bond donors (Lipinski definition) is 1. The second-order valence-corrected chi connectivity index (χ2v) is 7.13. The average Bonchev–Trinajstić information content (AvgIpc) is 2.39. The molecule has 4 heteroatoms. The van der Waals surface area contributed by atoms with E-state index in [9.17, 15) is 4.79 Å². The highest BCUT2D eigenvalue weighted by Crippen LogP contribution is 2.26. The van der Waals surface area contributed by atoms with E-state index in [0.29, 0.717) is 0 Å². The SMILES string of the molecule is COC(=O)C(C)(CCSc1ccc(C)cc1C)NC(C)C. The maximum Gasteiger partial charge on any atom is 0.325 e. The van der Waals surface area contributed by atoms with Gasteiger partial charge in [0.15, 0.2) is 0 Å². The van der Waals surface area contributed by atoms with E-state index in [4.69, 9.17) is 4.74 Å². The zero-order valence-electron chi connectivity index (χ0n) is 13.9. The van der Waals surface area contributed by atoms with Crippen molar-refractivity contribution < 1.29 is 9.53 Å². The summed E-state index contributed by atoms with van der Waals surface area (Å²) in [4.78, 5) is 13.3. The number of rotatable bonds is 7. The summed E-state index contributed by atoms with van der Waals surface area (Å²) in [6, 6.07) is 6.70. The Morgan fingerprint density at radius 2 is 2.05 bits per heavy atom. The smallest absolute Gasteiger partial charge is 0.325 e. The van der Waals surface area contributed by atoms with E-state index >= 15 is 0 Å². The van der Waals surface area contributed by atoms with E-state index in [2.05, 4.69) is 37.4 Å². The number of thioether (sulfide) groups is 1. The molecule has 0 saturated heterocycles. The summed E-state index contributed by atoms with van der Waals surface area (Å²) >= 11 is 1.79. The first-order chi connectivity index (χ1) is 9.78. The largest absolute Gasteiger partial charge is 0.468 e. The molecular weight excluding hydrogens is 282 g/mol. The summed E-state index contributed by atoms with van der Waals surface area (Å²) in [6.07, 6.45) is 0.732. The Labute approximate surface area is 132 Å². The molecule has 0 spiro atoms. The van der Waals surface area contributed by atoms with E-state index in [0.717, 1.165) is 12.2 Å². The van der Waals surface area contributed by atoms with Gasteiger partial charge in [-0.25, -0.2) is 0 Å². The number of methoxy groups -OCH3 is 1. The van der Waals surface area contributed by atoms with Crippen LogP contribution >= 0.6 is 11.8 Å². The summed E-state index contributed by atoms with van der Waals surface area (Å²) in [5.41, 5.74) is 1.93. The third kappa shape index (κ3) is 5.36. The van der Waals surface area contributed by atoms with Crippen molar-refractivity contribution in [1.82, 2.24) is 5.32 Å². The molecule has 118 valence electrons. The maximum absolute atomic E-state index is 12.0. The number of esters is 1. The van der Waals surface area contributed by atoms with Crippen LogP contribution in [0.3, 0.4) is 0 Å². The molecule has 0 saturated carbocycles. The first-order valence-electron chi connectivity index (χ1n) is 7.34. The molecule has 1 aromatic rings. The fourth-order valence-corrected chi connectivity index (χ4v) is 3.60. The number of carbonyl (C=O) groups excluding carboxylic acids is 1. The minimum absolute atomic E-state index is 0.197. The Bertz CT molecular complexity index is 488. The third-order valence-electron chi connectivity index (χ3n) is 3.43. The second kappa shape index (κ2) is 7.85. The number of hydrogen-bond acceptors (Lipinski definition) is 4. The van der Waals surface area contributed by atoms with Crippen LogP contribution in [-0.2, 0) is 9.53 Å². The molecule has 21 heavy (non-hydrogen) atoms. The van der Waals surface area contributed by atoms with Crippen LogP contribution in [0.5, 0.6) is 0 Å². The van der Waals surface area contributed by atoms with Crippen molar-refractivity contribution in [1.29, 1.82) is 0 Å². The summed E-state index contributed by atoms with van der Waals surface area (Å²) in [6.45, 7) is 10.2. The Morgan fingerprint density at radius 1 is 1.38 bits per heavy atom. The van der Waals surface area contributed by atoms with Crippen molar-refractivity contribution >= 4 is 17.7 Å². The zero-order chi connectivity index (χ0) is 16.0. The lowest BCUT2D eigenvalue weighted by atomic mass is 9.98. The maximum atomic E-state index is 12.0. The molecule has 0 radical (unpaired) electrons. The number of ether oxygens (including phenoxy) is 1. The summed E-state index contributed by atoms with van der Waals surface area (Å²) in [5.74, 6) is 0.673. The van der Waals surface area contributed by atoms with E-state index in [1.54, 1.807) is 11.8 Å². The van der Waals surface area contributed by atoms with Gasteiger partial charge in [0.2, 0.25) is 0 Å². The monoisotopic (exact) mass is 309 g/mol. The van der Waals surface area contributed by atoms with Gasteiger partial charge in [0.05, 0.1) is 7.11 Å². The number of aryl methyl sites for hydroxylation is 2. The Balaban J connectivity index is 2.67. The van der Waals surface area contributed by atoms with Crippen molar-refractivity contribution in [2.24, 2.45) is 0 Å². The predicted molar refractivity (Wildman–Crippen MR) is 89.9 cm³/mol. The van der Waals surface area contributed by atoms with Crippen LogP contribution < -0.4 is 5.32 Å². The van der Waals surface area contributed by atoms with Gasteiger partial charge < -0.3 is 4.74 Å². The van der Waals surface area contributed by atoms with Crippen LogP contribution in [0.2, 0.25) is 0 Å². The van der Waals surface area contributed by atoms with Crippen molar-refractivity contribution in [2.75, 3.05) is 12.9 Å². The van der Waals surface area contributed by atoms with Crippen molar-refractivity contribution in [2.45, 2.75) is 57.5 Å². The molecule has 0 heterocycles. The van der Waals surface area contributed by atoms with Gasteiger partial charge in [-0.1, -0.05) is 17.7 Å². The lowest BCUT2D eigenvalue weighted by Gasteiger charge is -2.30. The third-order valence-corrected chi connectivity index (χ3v) is 4.61. The van der Waals surface area contributed by atoms with Crippen LogP contribution in [0.1, 0.15) is 38.3 Å². The lowest BCUT2D eigenvalue weighted by molar-refractivity contribution is -0.148. The van der Waals surface area contributed by atoms with Gasteiger partial charge >= 0.3 is 5.97 Å². The minimum atomic E-state index is -0.630. The number of carbonyl (C=O) groups is 1. The fraction of sp³-hybridized carbons (Fsp3) is 0.588. The predicted octanol–water partition coefficient (Wildman–Crippen LogP) is 3.72. The van der Waals surface area contributed by atoms with Crippen LogP contribution in [0.25, 0.3) is 0 Å². The zero-order valence-corrected chi connectivity index (χ0v) is 14.8. The molecule has 1 rings (SSSR count). The van der Waals surface area contributed by atoms with Crippen LogP contribution in [0.15, 0.2) is 23.1 Å². The first kappa shape index (κ1) is 18.1. The van der Waals surface area contributed by atoms with Crippen LogP contribution in [0.4, 0.5) is 0 Å². The molecule has 0 aliphatic rings. The van der Waals surface area contributed by atoms with Crippen LogP contribution in [-0.4, -0.2) is 30.4 Å². The van der Waals surface area contributed by atoms with Gasteiger partial charge in [-0.05, 0) is 52.7 Å². The van der Waals surface area contributed by atoms with Gasteiger partial charge in [-0.3, -0.25) is 10.1 Å². The lowest BCUT2D eigenvalue weighted by Crippen LogP contribution is -2.53. The van der Waals surface area contributed by atoms with Gasteiger partial charge in [0, 0.05) is 16.7 Å². The number of benzene rings is 1. The molecular formula is C17H27NO2S. The Kier molecular flexibility index (Phi) is 6.75. The van der Waals surface area contributed by atoms with Gasteiger partial charge in [-0.15, -0.1) is 11.8 Å². The molecule has 0 aromatic heterocycles. The Morgan fingerprint density at radius 3 is 2.57 bits per heavy atom. The highest BCUT2D eigenvalue weighted by atomic mass is 32.2. The summed E-state index contributed by atoms with van der Waals surface area (Å²) < 4.78 is 4.95. The van der Waals surface area contributed by atoms with Crippen molar-refractivity contribution in [3.05, 3.63) is 29.3 Å². The molecule has 1 N–H and O–H groups in total. The minimum Gasteiger partial charge on any atom is -0.468 e. The molecule has 0 fully saturated rings. The number of nitrogens with one attached hydrogen (secondary N) is 1. The molecule has 1 aromatic carbocycles. The molecule has 0 bridgehead atoms. The van der Waals surface area contributed by atoms with E-state index < -0.39 is 5.54 Å². The highest BCUT2D eigenvalue weighted by Gasteiger charge is 2.34. The van der Waals surface area contributed by atoms with Crippen molar-refractivity contribution in [3.63, 3.8) is 0 Å². The Hall–Kier alpha value is -1.00. The molecule has 1 atom stereocenters. The molecule has 0 amide bonds. The van der Waals surface area contributed by atoms with E-state index in [1.165, 1.54) is 23.1 Å². The average molecular weight is 309 g/mol. The first-order valence-corrected chi connectivity index (χ1v) is 8.33. The molecule has 0 aliphatic carbocycles. The highest BCUT2D eigenvalue weighted by molar-refractivity contribution is 7.99. The van der Waals surface area contributed by atoms with Crippen molar-refractivity contribution in [3.8, 4) is 0 Å². The second-order valence-electron chi connectivity index (χ2n) is 5.99. The summed E-state index contributed by atoms with van der Waals surface area (Å²) in [5, 5.41) is 3.33. The van der Waals surface area contributed by atoms with E-state index in [1.807, 2.05) is 20.8 Å². The van der Waals surface area contributed by atoms with Gasteiger partial charge in [0.25, 0.3) is 0 Å². The van der Waals surface area contributed by atoms with Crippen LogP contribution in [0, 0.1) is 13.8 Å². The molecule has 0 aliphatic heterocycles. The topological polar surface area (TPSA) is 38.3 Å². The molecule has 3 nitrogen and oxygen atoms in total. The van der Waals surface area contributed by atoms with Gasteiger partial charge in [-0.2, -0.15) is 0 Å². The summed E-state index contributed by atoms with van der Waals surface area (Å²) in [7, 11) is 1.44. The normalized spacial score (nSPS) is 14.0. The van der Waals surface area contributed by atoms with E-state index in [-0.39, 0.29) is 12.0 Å². The standard InChI is InChI=1S/C17H27NO2S/c1-12(2)18-17(5,16(19)20-6)9-10-21-15-8-7-13(3)11-14(15)4/h7-8,11-12,18H,9-10H2,1-6H3. The fourth-order valence-electron chi connectivity index (χ4n) is 2.42.